The predicted molar refractivity (Wildman–Crippen MR) is 88.1 cm³/mol. The van der Waals surface area contributed by atoms with Crippen LogP contribution in [0.5, 0.6) is 0 Å². The van der Waals surface area contributed by atoms with E-state index in [4.69, 9.17) is 0 Å². The van der Waals surface area contributed by atoms with Crippen LogP contribution in [0.15, 0.2) is 29.3 Å². The molecule has 0 saturated carbocycles. The van der Waals surface area contributed by atoms with Crippen LogP contribution in [0.2, 0.25) is 0 Å². The molecular weight excluding hydrogens is 367 g/mol. The van der Waals surface area contributed by atoms with Crippen LogP contribution in [0.1, 0.15) is 24.9 Å². The monoisotopic (exact) mass is 384 g/mol. The summed E-state index contributed by atoms with van der Waals surface area (Å²) in [7, 11) is 0. The number of aromatic nitrogens is 3. The van der Waals surface area contributed by atoms with Gasteiger partial charge in [0.05, 0.1) is 15.8 Å². The summed E-state index contributed by atoms with van der Waals surface area (Å²) >= 11 is 2.01. The second-order valence-corrected chi connectivity index (χ2v) is 5.67. The van der Waals surface area contributed by atoms with Crippen LogP contribution in [0.3, 0.4) is 0 Å². The molecule has 0 atom stereocenters. The van der Waals surface area contributed by atoms with Crippen molar-refractivity contribution in [3.8, 4) is 0 Å². The Kier molecular flexibility index (Phi) is 5.11. The Morgan fingerprint density at radius 3 is 2.95 bits per heavy atom. The first kappa shape index (κ1) is 15.0. The Labute approximate surface area is 131 Å². The van der Waals surface area contributed by atoms with Gasteiger partial charge in [-0.05, 0) is 48.1 Å². The first-order chi connectivity index (χ1) is 9.61. The van der Waals surface area contributed by atoms with E-state index in [0.29, 0.717) is 15.9 Å². The molecular formula is C14H17IN4O. The van der Waals surface area contributed by atoms with Crippen molar-refractivity contribution >= 4 is 28.3 Å². The predicted octanol–water partition coefficient (Wildman–Crippen LogP) is 2.42. The van der Waals surface area contributed by atoms with Crippen LogP contribution in [0, 0.1) is 10.5 Å². The minimum absolute atomic E-state index is 0.0215. The third-order valence-corrected chi connectivity index (χ3v) is 3.66. The van der Waals surface area contributed by atoms with Gasteiger partial charge in [-0.1, -0.05) is 6.92 Å². The molecule has 2 rings (SSSR count). The molecule has 0 unspecified atom stereocenters. The maximum Gasteiger partial charge on any atom is 0.267 e. The van der Waals surface area contributed by atoms with Gasteiger partial charge in [0.25, 0.3) is 5.56 Å². The van der Waals surface area contributed by atoms with Gasteiger partial charge in [-0.2, -0.15) is 0 Å². The Morgan fingerprint density at radius 2 is 2.20 bits per heavy atom. The van der Waals surface area contributed by atoms with Crippen molar-refractivity contribution in [2.75, 3.05) is 11.9 Å². The highest BCUT2D eigenvalue weighted by molar-refractivity contribution is 14.1. The lowest BCUT2D eigenvalue weighted by atomic mass is 10.3. The summed E-state index contributed by atoms with van der Waals surface area (Å²) in [5, 5.41) is 3.32. The maximum atomic E-state index is 12.1. The number of anilines is 1. The van der Waals surface area contributed by atoms with Crippen molar-refractivity contribution in [3.05, 3.63) is 50.0 Å². The molecule has 6 heteroatoms. The van der Waals surface area contributed by atoms with Gasteiger partial charge >= 0.3 is 0 Å². The van der Waals surface area contributed by atoms with Crippen LogP contribution in [-0.2, 0) is 6.54 Å². The van der Waals surface area contributed by atoms with E-state index in [1.54, 1.807) is 17.0 Å². The summed E-state index contributed by atoms with van der Waals surface area (Å²) in [4.78, 5) is 20.7. The van der Waals surface area contributed by atoms with E-state index in [2.05, 4.69) is 22.2 Å². The third-order valence-electron chi connectivity index (χ3n) is 2.92. The van der Waals surface area contributed by atoms with Crippen LogP contribution in [0.25, 0.3) is 0 Å². The smallest absolute Gasteiger partial charge is 0.267 e. The first-order valence-corrected chi connectivity index (χ1v) is 7.60. The van der Waals surface area contributed by atoms with E-state index >= 15 is 0 Å². The van der Waals surface area contributed by atoms with Gasteiger partial charge in [-0.3, -0.25) is 14.3 Å². The number of rotatable bonds is 5. The van der Waals surface area contributed by atoms with Crippen LogP contribution >= 0.6 is 22.6 Å². The van der Waals surface area contributed by atoms with Crippen molar-refractivity contribution in [1.82, 2.24) is 14.5 Å². The molecule has 0 aliphatic carbocycles. The molecule has 0 saturated heterocycles. The second kappa shape index (κ2) is 6.83. The summed E-state index contributed by atoms with van der Waals surface area (Å²) in [5.74, 6) is 0.698. The first-order valence-electron chi connectivity index (χ1n) is 6.52. The topological polar surface area (TPSA) is 59.8 Å². The molecule has 2 aromatic heterocycles. The fourth-order valence-electron chi connectivity index (χ4n) is 1.84. The molecule has 0 aliphatic rings. The minimum Gasteiger partial charge on any atom is -0.385 e. The van der Waals surface area contributed by atoms with Gasteiger partial charge in [-0.25, -0.2) is 4.98 Å². The Bertz CT molecular complexity index is 654. The van der Waals surface area contributed by atoms with Crippen molar-refractivity contribution in [2.45, 2.75) is 26.8 Å². The Morgan fingerprint density at radius 1 is 1.40 bits per heavy atom. The molecule has 2 heterocycles. The molecule has 0 bridgehead atoms. The highest BCUT2D eigenvalue weighted by Crippen LogP contribution is 2.09. The van der Waals surface area contributed by atoms with Gasteiger partial charge in [0, 0.05) is 24.6 Å². The number of aryl methyl sites for hydroxylation is 1. The average Bonchev–Trinajstić information content (AvgIpc) is 2.46. The molecule has 1 N–H and O–H groups in total. The number of hydrogen-bond acceptors (Lipinski definition) is 4. The zero-order valence-corrected chi connectivity index (χ0v) is 13.7. The van der Waals surface area contributed by atoms with E-state index in [-0.39, 0.29) is 5.56 Å². The Balaban J connectivity index is 2.26. The molecule has 106 valence electrons. The standard InChI is InChI=1S/C14H17IN4O/c1-3-5-16-11-4-6-17-12(7-11)9-19-10(2)18-8-13(15)14(19)20/h4,6-8H,3,5,9H2,1-2H3,(H,16,17). The molecule has 2 aromatic rings. The summed E-state index contributed by atoms with van der Waals surface area (Å²) in [6, 6.07) is 3.91. The summed E-state index contributed by atoms with van der Waals surface area (Å²) < 4.78 is 2.27. The highest BCUT2D eigenvalue weighted by atomic mass is 127. The molecule has 0 spiro atoms. The van der Waals surface area contributed by atoms with E-state index in [9.17, 15) is 4.79 Å². The number of nitrogens with zero attached hydrogens (tertiary/aromatic N) is 3. The van der Waals surface area contributed by atoms with Crippen molar-refractivity contribution < 1.29 is 0 Å². The van der Waals surface area contributed by atoms with E-state index in [0.717, 1.165) is 24.3 Å². The van der Waals surface area contributed by atoms with Crippen LogP contribution < -0.4 is 10.9 Å². The highest BCUT2D eigenvalue weighted by Gasteiger charge is 2.07. The normalized spacial score (nSPS) is 10.6. The van der Waals surface area contributed by atoms with Gasteiger partial charge < -0.3 is 5.32 Å². The fraction of sp³-hybridized carbons (Fsp3) is 0.357. The summed E-state index contributed by atoms with van der Waals surface area (Å²) in [5.41, 5.74) is 1.85. The molecule has 0 amide bonds. The van der Waals surface area contributed by atoms with Crippen molar-refractivity contribution in [3.63, 3.8) is 0 Å². The summed E-state index contributed by atoms with van der Waals surface area (Å²) in [6.07, 6.45) is 4.42. The number of halogens is 1. The number of hydrogen-bond donors (Lipinski definition) is 1. The molecule has 20 heavy (non-hydrogen) atoms. The van der Waals surface area contributed by atoms with Gasteiger partial charge in [0.15, 0.2) is 0 Å². The van der Waals surface area contributed by atoms with Crippen molar-refractivity contribution in [1.29, 1.82) is 0 Å². The maximum absolute atomic E-state index is 12.1. The summed E-state index contributed by atoms with van der Waals surface area (Å²) in [6.45, 7) is 5.32. The minimum atomic E-state index is -0.0215. The van der Waals surface area contributed by atoms with Crippen molar-refractivity contribution in [2.24, 2.45) is 0 Å². The molecule has 5 nitrogen and oxygen atoms in total. The average molecular weight is 384 g/mol. The van der Waals surface area contributed by atoms with E-state index < -0.39 is 0 Å². The van der Waals surface area contributed by atoms with E-state index in [1.165, 1.54) is 0 Å². The largest absolute Gasteiger partial charge is 0.385 e. The quantitative estimate of drug-likeness (QED) is 0.805. The lowest BCUT2D eigenvalue weighted by Crippen LogP contribution is -2.26. The van der Waals surface area contributed by atoms with Gasteiger partial charge in [0.1, 0.15) is 5.82 Å². The third kappa shape index (κ3) is 3.56. The second-order valence-electron chi connectivity index (χ2n) is 4.51. The lowest BCUT2D eigenvalue weighted by Gasteiger charge is -2.10. The number of nitrogens with one attached hydrogen (secondary N) is 1. The molecule has 0 aromatic carbocycles. The van der Waals surface area contributed by atoms with Gasteiger partial charge in [0.2, 0.25) is 0 Å². The number of pyridine rings is 1. The zero-order chi connectivity index (χ0) is 14.5. The SMILES string of the molecule is CCCNc1ccnc(Cn2c(C)ncc(I)c2=O)c1. The zero-order valence-electron chi connectivity index (χ0n) is 11.6. The van der Waals surface area contributed by atoms with E-state index in [1.807, 2.05) is 41.6 Å². The molecule has 0 fully saturated rings. The lowest BCUT2D eigenvalue weighted by molar-refractivity contribution is 0.681. The molecule has 0 radical (unpaired) electrons. The fourth-order valence-corrected chi connectivity index (χ4v) is 2.27. The van der Waals surface area contributed by atoms with Crippen LogP contribution in [0.4, 0.5) is 5.69 Å². The molecule has 0 aliphatic heterocycles. The van der Waals surface area contributed by atoms with Gasteiger partial charge in [-0.15, -0.1) is 0 Å². The van der Waals surface area contributed by atoms with Crippen LogP contribution in [-0.4, -0.2) is 21.1 Å². The Hall–Kier alpha value is -1.44.